The molecule has 1 aromatic heterocycles. The van der Waals surface area contributed by atoms with Crippen LogP contribution in [0.4, 0.5) is 0 Å². The zero-order chi connectivity index (χ0) is 9.97. The first kappa shape index (κ1) is 10.7. The van der Waals surface area contributed by atoms with Gasteiger partial charge in [-0.05, 0) is 59.8 Å². The van der Waals surface area contributed by atoms with Crippen molar-refractivity contribution in [1.82, 2.24) is 5.32 Å². The Hall–Kier alpha value is 0.140. The van der Waals surface area contributed by atoms with Gasteiger partial charge in [0.15, 0.2) is 0 Å². The molecule has 0 aliphatic heterocycles. The van der Waals surface area contributed by atoms with Crippen LogP contribution in [0.2, 0.25) is 0 Å². The molecule has 1 atom stereocenters. The summed E-state index contributed by atoms with van der Waals surface area (Å²) in [6, 6.07) is 5.02. The second kappa shape index (κ2) is 4.77. The van der Waals surface area contributed by atoms with Crippen LogP contribution in [0.1, 0.15) is 37.1 Å². The fraction of sp³-hybridized carbons (Fsp3) is 0.636. The standard InChI is InChI=1S/C11H16BrNS/c1-2-7-13-11(8-3-4-8)9-5-6-10(12)14-9/h5-6,8,11,13H,2-4,7H2,1H3. The minimum Gasteiger partial charge on any atom is -0.309 e. The summed E-state index contributed by atoms with van der Waals surface area (Å²) in [4.78, 5) is 1.49. The Balaban J connectivity index is 2.02. The maximum atomic E-state index is 3.65. The highest BCUT2D eigenvalue weighted by Gasteiger charge is 2.32. The van der Waals surface area contributed by atoms with Gasteiger partial charge in [-0.2, -0.15) is 0 Å². The highest BCUT2D eigenvalue weighted by Crippen LogP contribution is 2.43. The number of hydrogen-bond donors (Lipinski definition) is 1. The second-order valence-corrected chi connectivity index (χ2v) is 6.41. The number of thiophene rings is 1. The molecule has 1 N–H and O–H groups in total. The van der Waals surface area contributed by atoms with Crippen molar-refractivity contribution in [3.63, 3.8) is 0 Å². The minimum atomic E-state index is 0.617. The molecule has 1 fully saturated rings. The smallest absolute Gasteiger partial charge is 0.0701 e. The molecule has 14 heavy (non-hydrogen) atoms. The largest absolute Gasteiger partial charge is 0.309 e. The van der Waals surface area contributed by atoms with Gasteiger partial charge in [-0.3, -0.25) is 0 Å². The van der Waals surface area contributed by atoms with Crippen molar-refractivity contribution >= 4 is 27.3 Å². The Labute approximate surface area is 98.0 Å². The van der Waals surface area contributed by atoms with Crippen molar-refractivity contribution in [3.05, 3.63) is 20.8 Å². The third-order valence-corrected chi connectivity index (χ3v) is 4.31. The lowest BCUT2D eigenvalue weighted by atomic mass is 10.1. The Kier molecular flexibility index (Phi) is 3.63. The maximum Gasteiger partial charge on any atom is 0.0701 e. The van der Waals surface area contributed by atoms with Gasteiger partial charge in [-0.25, -0.2) is 0 Å². The van der Waals surface area contributed by atoms with Gasteiger partial charge in [0.2, 0.25) is 0 Å². The van der Waals surface area contributed by atoms with E-state index in [9.17, 15) is 0 Å². The molecule has 1 saturated carbocycles. The molecular weight excluding hydrogens is 258 g/mol. The Morgan fingerprint density at radius 3 is 2.86 bits per heavy atom. The van der Waals surface area contributed by atoms with E-state index in [2.05, 4.69) is 40.3 Å². The number of halogens is 1. The molecule has 0 saturated heterocycles. The number of nitrogens with one attached hydrogen (secondary N) is 1. The van der Waals surface area contributed by atoms with Crippen molar-refractivity contribution < 1.29 is 0 Å². The van der Waals surface area contributed by atoms with Crippen LogP contribution in [0, 0.1) is 5.92 Å². The quantitative estimate of drug-likeness (QED) is 0.857. The molecule has 78 valence electrons. The molecule has 1 aliphatic carbocycles. The van der Waals surface area contributed by atoms with Gasteiger partial charge in [0, 0.05) is 10.9 Å². The number of hydrogen-bond acceptors (Lipinski definition) is 2. The van der Waals surface area contributed by atoms with Gasteiger partial charge in [-0.1, -0.05) is 6.92 Å². The SMILES string of the molecule is CCCNC(c1ccc(Br)s1)C1CC1. The molecule has 1 aliphatic rings. The fourth-order valence-corrected chi connectivity index (χ4v) is 3.32. The van der Waals surface area contributed by atoms with E-state index in [0.29, 0.717) is 6.04 Å². The van der Waals surface area contributed by atoms with E-state index in [-0.39, 0.29) is 0 Å². The van der Waals surface area contributed by atoms with E-state index in [0.717, 1.165) is 12.5 Å². The van der Waals surface area contributed by atoms with Crippen LogP contribution >= 0.6 is 27.3 Å². The number of rotatable bonds is 5. The predicted octanol–water partition coefficient (Wildman–Crippen LogP) is 3.96. The summed E-state index contributed by atoms with van der Waals surface area (Å²) in [6.45, 7) is 3.36. The third-order valence-electron chi connectivity index (χ3n) is 2.61. The molecule has 0 radical (unpaired) electrons. The maximum absolute atomic E-state index is 3.65. The summed E-state index contributed by atoms with van der Waals surface area (Å²) in [6.07, 6.45) is 4.02. The van der Waals surface area contributed by atoms with Crippen LogP contribution in [-0.4, -0.2) is 6.54 Å². The minimum absolute atomic E-state index is 0.617. The Morgan fingerprint density at radius 1 is 1.57 bits per heavy atom. The molecule has 1 aromatic rings. The molecule has 3 heteroatoms. The van der Waals surface area contributed by atoms with Gasteiger partial charge in [-0.15, -0.1) is 11.3 Å². The lowest BCUT2D eigenvalue weighted by Crippen LogP contribution is -2.22. The average molecular weight is 274 g/mol. The van der Waals surface area contributed by atoms with E-state index >= 15 is 0 Å². The van der Waals surface area contributed by atoms with Crippen molar-refractivity contribution in [3.8, 4) is 0 Å². The first-order valence-corrected chi connectivity index (χ1v) is 6.91. The van der Waals surface area contributed by atoms with Crippen LogP contribution in [0.3, 0.4) is 0 Å². The van der Waals surface area contributed by atoms with Crippen molar-refractivity contribution in [2.45, 2.75) is 32.2 Å². The highest BCUT2D eigenvalue weighted by molar-refractivity contribution is 9.11. The summed E-state index contributed by atoms with van der Waals surface area (Å²) < 4.78 is 1.25. The van der Waals surface area contributed by atoms with Crippen molar-refractivity contribution in [2.24, 2.45) is 5.92 Å². The molecule has 1 nitrogen and oxygen atoms in total. The average Bonchev–Trinajstić information content (AvgIpc) is 2.91. The van der Waals surface area contributed by atoms with Gasteiger partial charge in [0.05, 0.1) is 3.79 Å². The lowest BCUT2D eigenvalue weighted by Gasteiger charge is -2.15. The van der Waals surface area contributed by atoms with Crippen LogP contribution in [0.15, 0.2) is 15.9 Å². The molecule has 0 amide bonds. The zero-order valence-electron chi connectivity index (χ0n) is 8.42. The highest BCUT2D eigenvalue weighted by atomic mass is 79.9. The topological polar surface area (TPSA) is 12.0 Å². The van der Waals surface area contributed by atoms with E-state index in [1.54, 1.807) is 0 Å². The molecule has 0 aromatic carbocycles. The predicted molar refractivity (Wildman–Crippen MR) is 65.8 cm³/mol. The summed E-state index contributed by atoms with van der Waals surface area (Å²) in [5.41, 5.74) is 0. The van der Waals surface area contributed by atoms with Crippen LogP contribution in [0.25, 0.3) is 0 Å². The van der Waals surface area contributed by atoms with Crippen LogP contribution in [0.5, 0.6) is 0 Å². The monoisotopic (exact) mass is 273 g/mol. The van der Waals surface area contributed by atoms with Crippen molar-refractivity contribution in [2.75, 3.05) is 6.54 Å². The van der Waals surface area contributed by atoms with Crippen LogP contribution < -0.4 is 5.32 Å². The third kappa shape index (κ3) is 2.59. The second-order valence-electron chi connectivity index (χ2n) is 3.91. The van der Waals surface area contributed by atoms with E-state index < -0.39 is 0 Å². The van der Waals surface area contributed by atoms with Crippen LogP contribution in [-0.2, 0) is 0 Å². The summed E-state index contributed by atoms with van der Waals surface area (Å²) in [5, 5.41) is 3.65. The van der Waals surface area contributed by atoms with Gasteiger partial charge in [0.25, 0.3) is 0 Å². The first-order chi connectivity index (χ1) is 6.81. The Morgan fingerprint density at radius 2 is 2.36 bits per heavy atom. The molecule has 2 rings (SSSR count). The first-order valence-electron chi connectivity index (χ1n) is 5.30. The molecule has 1 heterocycles. The van der Waals surface area contributed by atoms with Crippen molar-refractivity contribution in [1.29, 1.82) is 0 Å². The van der Waals surface area contributed by atoms with E-state index in [1.807, 2.05) is 11.3 Å². The van der Waals surface area contributed by atoms with E-state index in [1.165, 1.54) is 27.9 Å². The molecule has 0 spiro atoms. The van der Waals surface area contributed by atoms with Gasteiger partial charge in [0.1, 0.15) is 0 Å². The molecule has 0 bridgehead atoms. The summed E-state index contributed by atoms with van der Waals surface area (Å²) >= 11 is 5.40. The molecule has 1 unspecified atom stereocenters. The summed E-state index contributed by atoms with van der Waals surface area (Å²) in [7, 11) is 0. The van der Waals surface area contributed by atoms with E-state index in [4.69, 9.17) is 0 Å². The normalized spacial score (nSPS) is 18.4. The fourth-order valence-electron chi connectivity index (χ4n) is 1.72. The van der Waals surface area contributed by atoms with Gasteiger partial charge < -0.3 is 5.32 Å². The zero-order valence-corrected chi connectivity index (χ0v) is 10.8. The Bertz CT molecular complexity index is 293. The lowest BCUT2D eigenvalue weighted by molar-refractivity contribution is 0.488. The summed E-state index contributed by atoms with van der Waals surface area (Å²) in [5.74, 6) is 0.895. The van der Waals surface area contributed by atoms with Gasteiger partial charge >= 0.3 is 0 Å². The molecular formula is C11H16BrNS.